The largest absolute Gasteiger partial charge is 0.465 e. The molecule has 0 bridgehead atoms. The van der Waals surface area contributed by atoms with Gasteiger partial charge in [-0.15, -0.1) is 13.2 Å². The molecule has 0 spiro atoms. The molecule has 1 N–H and O–H groups in total. The molecule has 138 valence electrons. The third kappa shape index (κ3) is 2.81. The van der Waals surface area contributed by atoms with Gasteiger partial charge in [0.2, 0.25) is 5.91 Å². The molecular formula is C21H26N2O3. The quantitative estimate of drug-likeness (QED) is 0.819. The summed E-state index contributed by atoms with van der Waals surface area (Å²) in [5.74, 6) is 0.103. The SMILES string of the molecule is C=CCC1(CC=C)CC2C(c3ccccc3C)N(C(=O)O)CCN2C1=O. The van der Waals surface area contributed by atoms with Gasteiger partial charge in [0.05, 0.1) is 17.5 Å². The molecule has 5 nitrogen and oxygen atoms in total. The first-order chi connectivity index (χ1) is 12.4. The molecule has 0 radical (unpaired) electrons. The van der Waals surface area contributed by atoms with E-state index in [0.717, 1.165) is 11.1 Å². The molecule has 2 fully saturated rings. The van der Waals surface area contributed by atoms with Crippen LogP contribution in [0.4, 0.5) is 4.79 Å². The lowest BCUT2D eigenvalue weighted by Gasteiger charge is -2.44. The Hall–Kier alpha value is -2.56. The van der Waals surface area contributed by atoms with Crippen molar-refractivity contribution >= 4 is 12.0 Å². The standard InChI is InChI=1S/C21H26N2O3/c1-4-10-21(11-5-2)14-17-18(16-9-7-6-8-15(16)3)23(20(25)26)13-12-22(17)19(21)24/h4-9,17-18H,1-2,10-14H2,3H3,(H,25,26). The highest BCUT2D eigenvalue weighted by atomic mass is 16.4. The van der Waals surface area contributed by atoms with Gasteiger partial charge in [-0.25, -0.2) is 4.79 Å². The van der Waals surface area contributed by atoms with Crippen molar-refractivity contribution in [2.75, 3.05) is 13.1 Å². The number of rotatable bonds is 5. The molecule has 2 unspecified atom stereocenters. The molecule has 5 heteroatoms. The van der Waals surface area contributed by atoms with Crippen LogP contribution in [0.3, 0.4) is 0 Å². The van der Waals surface area contributed by atoms with Gasteiger partial charge in [0.25, 0.3) is 0 Å². The lowest BCUT2D eigenvalue weighted by molar-refractivity contribution is -0.138. The van der Waals surface area contributed by atoms with Gasteiger partial charge in [-0.3, -0.25) is 9.69 Å². The van der Waals surface area contributed by atoms with E-state index in [1.54, 1.807) is 12.2 Å². The first kappa shape index (κ1) is 18.2. The summed E-state index contributed by atoms with van der Waals surface area (Å²) in [6, 6.07) is 7.34. The number of nitrogens with zero attached hydrogens (tertiary/aromatic N) is 2. The minimum absolute atomic E-state index is 0.103. The van der Waals surface area contributed by atoms with Crippen LogP contribution in [-0.2, 0) is 4.79 Å². The summed E-state index contributed by atoms with van der Waals surface area (Å²) in [5, 5.41) is 9.77. The summed E-state index contributed by atoms with van der Waals surface area (Å²) in [5.41, 5.74) is 1.47. The minimum atomic E-state index is -0.935. The van der Waals surface area contributed by atoms with Crippen LogP contribution in [0, 0.1) is 12.3 Å². The number of hydrogen-bond acceptors (Lipinski definition) is 2. The van der Waals surface area contributed by atoms with E-state index in [0.29, 0.717) is 32.4 Å². The summed E-state index contributed by atoms with van der Waals surface area (Å²) in [7, 11) is 0. The first-order valence-corrected chi connectivity index (χ1v) is 9.03. The maximum atomic E-state index is 13.2. The van der Waals surface area contributed by atoms with Crippen LogP contribution in [0.25, 0.3) is 0 Å². The molecule has 2 aliphatic heterocycles. The minimum Gasteiger partial charge on any atom is -0.465 e. The van der Waals surface area contributed by atoms with Crippen molar-refractivity contribution in [2.45, 2.75) is 38.3 Å². The molecule has 2 heterocycles. The number of benzene rings is 1. The van der Waals surface area contributed by atoms with E-state index in [-0.39, 0.29) is 18.0 Å². The van der Waals surface area contributed by atoms with Crippen LogP contribution in [0.15, 0.2) is 49.6 Å². The molecule has 1 aromatic rings. The van der Waals surface area contributed by atoms with E-state index in [1.165, 1.54) is 4.90 Å². The lowest BCUT2D eigenvalue weighted by Crippen LogP contribution is -2.55. The van der Waals surface area contributed by atoms with Crippen LogP contribution in [0.2, 0.25) is 0 Å². The molecule has 26 heavy (non-hydrogen) atoms. The topological polar surface area (TPSA) is 60.9 Å². The monoisotopic (exact) mass is 354 g/mol. The van der Waals surface area contributed by atoms with E-state index >= 15 is 0 Å². The van der Waals surface area contributed by atoms with Gasteiger partial charge in [0.15, 0.2) is 0 Å². The van der Waals surface area contributed by atoms with Gasteiger partial charge in [-0.2, -0.15) is 0 Å². The molecule has 0 aliphatic carbocycles. The van der Waals surface area contributed by atoms with Crippen LogP contribution < -0.4 is 0 Å². The average Bonchev–Trinajstić information content (AvgIpc) is 2.88. The Bertz CT molecular complexity index is 733. The molecule has 3 rings (SSSR count). The Morgan fingerprint density at radius 1 is 1.27 bits per heavy atom. The van der Waals surface area contributed by atoms with Crippen molar-refractivity contribution in [1.29, 1.82) is 0 Å². The zero-order chi connectivity index (χ0) is 18.9. The van der Waals surface area contributed by atoms with Gasteiger partial charge in [-0.05, 0) is 37.3 Å². The van der Waals surface area contributed by atoms with Crippen molar-refractivity contribution < 1.29 is 14.7 Å². The Kier molecular flexibility index (Phi) is 4.90. The number of carboxylic acid groups (broad SMARTS) is 1. The zero-order valence-corrected chi connectivity index (χ0v) is 15.2. The van der Waals surface area contributed by atoms with E-state index in [1.807, 2.05) is 36.1 Å². The second-order valence-corrected chi connectivity index (χ2v) is 7.31. The maximum absolute atomic E-state index is 13.2. The van der Waals surface area contributed by atoms with Crippen molar-refractivity contribution in [2.24, 2.45) is 5.41 Å². The Labute approximate surface area is 154 Å². The number of amides is 2. The highest BCUT2D eigenvalue weighted by Gasteiger charge is 2.55. The van der Waals surface area contributed by atoms with E-state index in [2.05, 4.69) is 13.2 Å². The number of aryl methyl sites for hydroxylation is 1. The molecule has 0 aromatic heterocycles. The molecular weight excluding hydrogens is 328 g/mol. The van der Waals surface area contributed by atoms with Gasteiger partial charge in [0, 0.05) is 13.1 Å². The van der Waals surface area contributed by atoms with Gasteiger partial charge >= 0.3 is 6.09 Å². The third-order valence-electron chi connectivity index (χ3n) is 5.82. The van der Waals surface area contributed by atoms with Crippen LogP contribution >= 0.6 is 0 Å². The summed E-state index contributed by atoms with van der Waals surface area (Å²) >= 11 is 0. The van der Waals surface area contributed by atoms with Crippen LogP contribution in [0.1, 0.15) is 36.4 Å². The molecule has 2 aliphatic rings. The highest BCUT2D eigenvalue weighted by molar-refractivity contribution is 5.86. The number of piperazine rings is 1. The van der Waals surface area contributed by atoms with E-state index in [9.17, 15) is 14.7 Å². The third-order valence-corrected chi connectivity index (χ3v) is 5.82. The number of hydrogen-bond donors (Lipinski definition) is 1. The summed E-state index contributed by atoms with van der Waals surface area (Å²) in [4.78, 5) is 28.6. The average molecular weight is 354 g/mol. The van der Waals surface area contributed by atoms with Crippen molar-refractivity contribution in [3.05, 3.63) is 60.7 Å². The Balaban J connectivity index is 2.07. The van der Waals surface area contributed by atoms with E-state index in [4.69, 9.17) is 0 Å². The summed E-state index contributed by atoms with van der Waals surface area (Å²) < 4.78 is 0. The van der Waals surface area contributed by atoms with E-state index < -0.39 is 11.5 Å². The second-order valence-electron chi connectivity index (χ2n) is 7.31. The fourth-order valence-electron chi connectivity index (χ4n) is 4.65. The molecule has 0 saturated carbocycles. The number of carbonyl (C=O) groups is 2. The zero-order valence-electron chi connectivity index (χ0n) is 15.2. The molecule has 2 saturated heterocycles. The van der Waals surface area contributed by atoms with Crippen LogP contribution in [0.5, 0.6) is 0 Å². The number of allylic oxidation sites excluding steroid dienone is 2. The lowest BCUT2D eigenvalue weighted by atomic mass is 9.76. The second kappa shape index (κ2) is 6.98. The summed E-state index contributed by atoms with van der Waals surface area (Å²) in [6.07, 6.45) is 4.42. The fourth-order valence-corrected chi connectivity index (χ4v) is 4.65. The maximum Gasteiger partial charge on any atom is 0.407 e. The molecule has 1 aromatic carbocycles. The smallest absolute Gasteiger partial charge is 0.407 e. The first-order valence-electron chi connectivity index (χ1n) is 9.03. The van der Waals surface area contributed by atoms with Gasteiger partial charge < -0.3 is 10.0 Å². The normalized spacial score (nSPS) is 24.3. The fraction of sp³-hybridized carbons (Fsp3) is 0.429. The Morgan fingerprint density at radius 3 is 2.50 bits per heavy atom. The number of carbonyl (C=O) groups excluding carboxylic acids is 1. The van der Waals surface area contributed by atoms with Gasteiger partial charge in [0.1, 0.15) is 0 Å². The van der Waals surface area contributed by atoms with Crippen LogP contribution in [-0.4, -0.2) is 46.0 Å². The number of fused-ring (bicyclic) bond motifs is 1. The van der Waals surface area contributed by atoms with Crippen molar-refractivity contribution in [1.82, 2.24) is 9.80 Å². The molecule has 2 amide bonds. The Morgan fingerprint density at radius 2 is 1.92 bits per heavy atom. The predicted molar refractivity (Wildman–Crippen MR) is 101 cm³/mol. The van der Waals surface area contributed by atoms with Crippen molar-refractivity contribution in [3.63, 3.8) is 0 Å². The van der Waals surface area contributed by atoms with Gasteiger partial charge in [-0.1, -0.05) is 36.4 Å². The molecule has 2 atom stereocenters. The van der Waals surface area contributed by atoms with Crippen molar-refractivity contribution in [3.8, 4) is 0 Å². The summed E-state index contributed by atoms with van der Waals surface area (Å²) in [6.45, 7) is 10.4. The predicted octanol–water partition coefficient (Wildman–Crippen LogP) is 3.77. The highest BCUT2D eigenvalue weighted by Crippen LogP contribution is 2.49.